The van der Waals surface area contributed by atoms with Gasteiger partial charge in [-0.25, -0.2) is 0 Å². The number of rotatable bonds is 9. The number of amides is 2. The second kappa shape index (κ2) is 11.2. The average molecular weight is 396 g/mol. The lowest BCUT2D eigenvalue weighted by Gasteiger charge is -2.04. The Kier molecular flexibility index (Phi) is 8.31. The van der Waals surface area contributed by atoms with Crippen molar-refractivity contribution >= 4 is 24.0 Å². The van der Waals surface area contributed by atoms with Crippen LogP contribution in [0.5, 0.6) is 17.2 Å². The summed E-state index contributed by atoms with van der Waals surface area (Å²) in [6.07, 6.45) is 7.41. The number of phenols is 3. The van der Waals surface area contributed by atoms with Gasteiger partial charge in [0.2, 0.25) is 11.8 Å². The number of hydrogen-bond acceptors (Lipinski definition) is 5. The molecule has 0 aliphatic rings. The van der Waals surface area contributed by atoms with Gasteiger partial charge in [-0.15, -0.1) is 0 Å². The summed E-state index contributed by atoms with van der Waals surface area (Å²) in [5, 5.41) is 33.3. The Morgan fingerprint density at radius 1 is 0.724 bits per heavy atom. The molecule has 2 aromatic carbocycles. The third-order valence-electron chi connectivity index (χ3n) is 3.95. The molecule has 0 heterocycles. The van der Waals surface area contributed by atoms with Gasteiger partial charge >= 0.3 is 0 Å². The number of benzene rings is 2. The molecule has 0 aromatic heterocycles. The molecular weight excluding hydrogens is 372 g/mol. The van der Waals surface area contributed by atoms with Crippen molar-refractivity contribution in [1.82, 2.24) is 10.6 Å². The van der Waals surface area contributed by atoms with Gasteiger partial charge < -0.3 is 26.0 Å². The summed E-state index contributed by atoms with van der Waals surface area (Å²) < 4.78 is 0. The van der Waals surface area contributed by atoms with E-state index in [-0.39, 0.29) is 29.1 Å². The predicted octanol–water partition coefficient (Wildman–Crippen LogP) is 2.54. The normalized spacial score (nSPS) is 11.0. The smallest absolute Gasteiger partial charge is 0.243 e. The first-order valence-electron chi connectivity index (χ1n) is 9.17. The fraction of sp³-hybridized carbons (Fsp3) is 0.182. The number of phenolic OH excluding ortho intramolecular Hbond substituents is 3. The van der Waals surface area contributed by atoms with Crippen molar-refractivity contribution < 1.29 is 24.9 Å². The molecule has 0 aliphatic heterocycles. The summed E-state index contributed by atoms with van der Waals surface area (Å²) in [4.78, 5) is 23.5. The maximum absolute atomic E-state index is 11.7. The molecule has 0 unspecified atom stereocenters. The minimum atomic E-state index is -0.265. The van der Waals surface area contributed by atoms with E-state index in [0.29, 0.717) is 31.5 Å². The van der Waals surface area contributed by atoms with Crippen LogP contribution in [0.1, 0.15) is 24.0 Å². The van der Waals surface area contributed by atoms with Crippen molar-refractivity contribution in [2.24, 2.45) is 0 Å². The molecule has 0 saturated heterocycles. The van der Waals surface area contributed by atoms with Crippen LogP contribution in [0.4, 0.5) is 0 Å². The predicted molar refractivity (Wildman–Crippen MR) is 111 cm³/mol. The van der Waals surface area contributed by atoms with Gasteiger partial charge in [0.25, 0.3) is 0 Å². The molecule has 2 aromatic rings. The fourth-order valence-electron chi connectivity index (χ4n) is 2.36. The van der Waals surface area contributed by atoms with Crippen LogP contribution in [-0.4, -0.2) is 40.2 Å². The van der Waals surface area contributed by atoms with Gasteiger partial charge in [-0.3, -0.25) is 9.59 Å². The Bertz CT molecular complexity index is 889. The minimum Gasteiger partial charge on any atom is -0.508 e. The highest BCUT2D eigenvalue weighted by Gasteiger charge is 2.00. The van der Waals surface area contributed by atoms with Crippen molar-refractivity contribution in [2.45, 2.75) is 12.8 Å². The number of nitrogens with one attached hydrogen (secondary N) is 2. The van der Waals surface area contributed by atoms with Gasteiger partial charge in [0.1, 0.15) is 5.75 Å². The zero-order chi connectivity index (χ0) is 21.1. The van der Waals surface area contributed by atoms with Crippen LogP contribution in [0.15, 0.2) is 54.6 Å². The third-order valence-corrected chi connectivity index (χ3v) is 3.95. The number of hydrogen-bond donors (Lipinski definition) is 5. The molecule has 0 bridgehead atoms. The van der Waals surface area contributed by atoms with Crippen molar-refractivity contribution in [3.8, 4) is 17.2 Å². The first-order valence-corrected chi connectivity index (χ1v) is 9.17. The fourth-order valence-corrected chi connectivity index (χ4v) is 2.36. The molecule has 29 heavy (non-hydrogen) atoms. The molecule has 0 saturated carbocycles. The lowest BCUT2D eigenvalue weighted by atomic mass is 10.2. The highest BCUT2D eigenvalue weighted by molar-refractivity contribution is 5.92. The molecule has 7 heteroatoms. The van der Waals surface area contributed by atoms with Gasteiger partial charge in [-0.2, -0.15) is 0 Å². The van der Waals surface area contributed by atoms with Crippen molar-refractivity contribution in [3.63, 3.8) is 0 Å². The van der Waals surface area contributed by atoms with Crippen LogP contribution in [0.2, 0.25) is 0 Å². The number of unbranched alkanes of at least 4 members (excludes halogenated alkanes) is 1. The molecule has 152 valence electrons. The largest absolute Gasteiger partial charge is 0.508 e. The van der Waals surface area contributed by atoms with E-state index in [2.05, 4.69) is 10.6 Å². The van der Waals surface area contributed by atoms with E-state index in [1.165, 1.54) is 30.4 Å². The van der Waals surface area contributed by atoms with Crippen LogP contribution < -0.4 is 10.6 Å². The Morgan fingerprint density at radius 2 is 1.24 bits per heavy atom. The summed E-state index contributed by atoms with van der Waals surface area (Å²) in [6.45, 7) is 0.973. The zero-order valence-electron chi connectivity index (χ0n) is 15.8. The van der Waals surface area contributed by atoms with Crippen LogP contribution >= 0.6 is 0 Å². The molecule has 0 spiro atoms. The Morgan fingerprint density at radius 3 is 1.79 bits per heavy atom. The van der Waals surface area contributed by atoms with Gasteiger partial charge in [0.05, 0.1) is 0 Å². The minimum absolute atomic E-state index is 0.175. The van der Waals surface area contributed by atoms with E-state index in [1.807, 2.05) is 0 Å². The summed E-state index contributed by atoms with van der Waals surface area (Å²) >= 11 is 0. The van der Waals surface area contributed by atoms with Crippen molar-refractivity contribution in [2.75, 3.05) is 13.1 Å². The first kappa shape index (κ1) is 21.6. The maximum Gasteiger partial charge on any atom is 0.243 e. The summed E-state index contributed by atoms with van der Waals surface area (Å²) in [5.41, 5.74) is 1.41. The standard InChI is InChI=1S/C22H24N2O5/c25-18-8-3-16(4-9-18)6-11-21(28)23-13-1-2-14-24-22(29)12-7-17-5-10-19(26)20(27)15-17/h3-12,15,25-27H,1-2,13-14H2,(H,23,28)(H,24,29)/b11-6+,12-7+. The summed E-state index contributed by atoms with van der Waals surface area (Å²) in [7, 11) is 0. The van der Waals surface area contributed by atoms with Gasteiger partial charge in [-0.1, -0.05) is 18.2 Å². The Hall–Kier alpha value is -3.74. The number of carbonyl (C=O) groups excluding carboxylic acids is 2. The van der Waals surface area contributed by atoms with E-state index < -0.39 is 0 Å². The highest BCUT2D eigenvalue weighted by Crippen LogP contribution is 2.25. The highest BCUT2D eigenvalue weighted by atomic mass is 16.3. The molecule has 2 rings (SSSR count). The van der Waals surface area contributed by atoms with E-state index in [9.17, 15) is 24.9 Å². The maximum atomic E-state index is 11.7. The third kappa shape index (κ3) is 8.21. The topological polar surface area (TPSA) is 119 Å². The Balaban J connectivity index is 1.58. The molecule has 7 nitrogen and oxygen atoms in total. The molecule has 0 aliphatic carbocycles. The summed E-state index contributed by atoms with van der Waals surface area (Å²) in [5.74, 6) is -0.753. The SMILES string of the molecule is O=C(/C=C/c1ccc(O)cc1)NCCCCNC(=O)/C=C/c1ccc(O)c(O)c1. The molecule has 0 fully saturated rings. The van der Waals surface area contributed by atoms with E-state index in [0.717, 1.165) is 5.56 Å². The summed E-state index contributed by atoms with van der Waals surface area (Å²) in [6, 6.07) is 10.8. The van der Waals surface area contributed by atoms with E-state index in [1.54, 1.807) is 36.4 Å². The Labute approximate surface area is 169 Å². The lowest BCUT2D eigenvalue weighted by molar-refractivity contribution is -0.117. The zero-order valence-corrected chi connectivity index (χ0v) is 15.8. The quantitative estimate of drug-likeness (QED) is 0.254. The van der Waals surface area contributed by atoms with Crippen molar-refractivity contribution in [1.29, 1.82) is 0 Å². The van der Waals surface area contributed by atoms with Gasteiger partial charge in [0, 0.05) is 25.2 Å². The molecular formula is C22H24N2O5. The second-order valence-electron chi connectivity index (χ2n) is 6.30. The average Bonchev–Trinajstić information content (AvgIpc) is 2.71. The molecule has 5 N–H and O–H groups in total. The van der Waals surface area contributed by atoms with Crippen LogP contribution in [-0.2, 0) is 9.59 Å². The van der Waals surface area contributed by atoms with Crippen molar-refractivity contribution in [3.05, 3.63) is 65.7 Å². The number of carbonyl (C=O) groups is 2. The van der Waals surface area contributed by atoms with E-state index >= 15 is 0 Å². The first-order chi connectivity index (χ1) is 13.9. The van der Waals surface area contributed by atoms with Crippen LogP contribution in [0.25, 0.3) is 12.2 Å². The number of aromatic hydroxyl groups is 3. The molecule has 2 amide bonds. The van der Waals surface area contributed by atoms with Gasteiger partial charge in [-0.05, 0) is 60.4 Å². The van der Waals surface area contributed by atoms with E-state index in [4.69, 9.17) is 0 Å². The monoisotopic (exact) mass is 396 g/mol. The molecule has 0 atom stereocenters. The second-order valence-corrected chi connectivity index (χ2v) is 6.30. The van der Waals surface area contributed by atoms with Gasteiger partial charge in [0.15, 0.2) is 11.5 Å². The van der Waals surface area contributed by atoms with Crippen LogP contribution in [0, 0.1) is 0 Å². The lowest BCUT2D eigenvalue weighted by Crippen LogP contribution is -2.25. The van der Waals surface area contributed by atoms with Crippen LogP contribution in [0.3, 0.4) is 0 Å². The molecule has 0 radical (unpaired) electrons.